The van der Waals surface area contributed by atoms with Gasteiger partial charge in [-0.05, 0) is 48.9 Å². The van der Waals surface area contributed by atoms with Crippen LogP contribution in [0.25, 0.3) is 10.8 Å². The second-order valence-corrected chi connectivity index (χ2v) is 10.2. The highest BCUT2D eigenvalue weighted by Crippen LogP contribution is 2.53. The normalized spacial score (nSPS) is 15.5. The van der Waals surface area contributed by atoms with Gasteiger partial charge in [0.05, 0.1) is 13.7 Å². The molecule has 2 aromatic carbocycles. The standard InChI is InChI=1S/C30H36N2O6/c1-19(2)17-36-18-37-27-25(35-5)13-16-31-26(27)28(33)32-20(3)29(34)38-21(4)30(14-15-30)24-12-8-10-22-9-6-7-11-23(22)24/h6-13,16,19-21H,14-15,17-18H2,1-5H3,(H,32,33)/t20-,21-/m0/s1. The number of ether oxygens (including phenoxy) is 4. The van der Waals surface area contributed by atoms with Crippen LogP contribution >= 0.6 is 0 Å². The van der Waals surface area contributed by atoms with Crippen LogP contribution in [0.2, 0.25) is 0 Å². The van der Waals surface area contributed by atoms with E-state index in [1.165, 1.54) is 24.3 Å². The van der Waals surface area contributed by atoms with E-state index in [1.54, 1.807) is 13.0 Å². The molecule has 1 saturated carbocycles. The van der Waals surface area contributed by atoms with Crippen LogP contribution in [-0.4, -0.2) is 49.5 Å². The summed E-state index contributed by atoms with van der Waals surface area (Å²) >= 11 is 0. The van der Waals surface area contributed by atoms with Crippen LogP contribution in [0.1, 0.15) is 56.6 Å². The molecule has 0 bridgehead atoms. The van der Waals surface area contributed by atoms with Crippen molar-refractivity contribution in [3.8, 4) is 11.5 Å². The van der Waals surface area contributed by atoms with Crippen molar-refractivity contribution in [2.24, 2.45) is 5.92 Å². The molecule has 1 aromatic heterocycles. The molecule has 0 radical (unpaired) electrons. The summed E-state index contributed by atoms with van der Waals surface area (Å²) in [6.45, 7) is 8.01. The number of rotatable bonds is 12. The molecule has 3 aromatic rings. The first-order valence-corrected chi connectivity index (χ1v) is 13.0. The third-order valence-electron chi connectivity index (χ3n) is 6.93. The molecule has 1 N–H and O–H groups in total. The molecular weight excluding hydrogens is 484 g/mol. The Labute approximate surface area is 223 Å². The van der Waals surface area contributed by atoms with Crippen molar-refractivity contribution in [3.05, 3.63) is 66.0 Å². The number of fused-ring (bicyclic) bond motifs is 1. The highest BCUT2D eigenvalue weighted by molar-refractivity contribution is 5.98. The van der Waals surface area contributed by atoms with Crippen LogP contribution in [0, 0.1) is 5.92 Å². The molecule has 0 saturated heterocycles. The van der Waals surface area contributed by atoms with E-state index in [1.807, 2.05) is 39.0 Å². The minimum absolute atomic E-state index is 0.000357. The quantitative estimate of drug-likeness (QED) is 0.203. The van der Waals surface area contributed by atoms with Gasteiger partial charge in [-0.25, -0.2) is 9.78 Å². The minimum atomic E-state index is -0.897. The fourth-order valence-electron chi connectivity index (χ4n) is 4.68. The topological polar surface area (TPSA) is 96.0 Å². The summed E-state index contributed by atoms with van der Waals surface area (Å²) in [7, 11) is 1.48. The van der Waals surface area contributed by atoms with Gasteiger partial charge in [0.25, 0.3) is 5.91 Å². The number of methoxy groups -OCH3 is 1. The minimum Gasteiger partial charge on any atom is -0.493 e. The average molecular weight is 521 g/mol. The van der Waals surface area contributed by atoms with E-state index in [-0.39, 0.29) is 29.8 Å². The van der Waals surface area contributed by atoms with Gasteiger partial charge in [-0.3, -0.25) is 4.79 Å². The summed E-state index contributed by atoms with van der Waals surface area (Å²) in [6, 6.07) is 15.2. The van der Waals surface area contributed by atoms with Gasteiger partial charge in [0.15, 0.2) is 24.0 Å². The van der Waals surface area contributed by atoms with Gasteiger partial charge in [0.1, 0.15) is 12.1 Å². The molecule has 1 amide bonds. The zero-order valence-electron chi connectivity index (χ0n) is 22.7. The van der Waals surface area contributed by atoms with Gasteiger partial charge in [0.2, 0.25) is 0 Å². The molecule has 1 aliphatic rings. The molecule has 202 valence electrons. The maximum atomic E-state index is 13.1. The Bertz CT molecular complexity index is 1280. The molecule has 38 heavy (non-hydrogen) atoms. The summed E-state index contributed by atoms with van der Waals surface area (Å²) in [4.78, 5) is 30.3. The second kappa shape index (κ2) is 11.8. The molecule has 4 rings (SSSR count). The summed E-state index contributed by atoms with van der Waals surface area (Å²) < 4.78 is 22.4. The van der Waals surface area contributed by atoms with Crippen molar-refractivity contribution < 1.29 is 28.5 Å². The van der Waals surface area contributed by atoms with Crippen LogP contribution in [0.5, 0.6) is 11.5 Å². The molecular formula is C30H36N2O6. The van der Waals surface area contributed by atoms with E-state index in [9.17, 15) is 9.59 Å². The third kappa shape index (κ3) is 5.91. The SMILES string of the molecule is COc1ccnc(C(=O)N[C@@H](C)C(=O)O[C@@H](C)C2(c3cccc4ccccc34)CC2)c1OCOCC(C)C. The zero-order chi connectivity index (χ0) is 27.3. The Morgan fingerprint density at radius 2 is 1.76 bits per heavy atom. The molecule has 8 nitrogen and oxygen atoms in total. The van der Waals surface area contributed by atoms with Gasteiger partial charge in [-0.2, -0.15) is 0 Å². The van der Waals surface area contributed by atoms with E-state index >= 15 is 0 Å². The van der Waals surface area contributed by atoms with Crippen LogP contribution in [0.15, 0.2) is 54.7 Å². The summed E-state index contributed by atoms with van der Waals surface area (Å²) in [5.41, 5.74) is 0.959. The molecule has 8 heteroatoms. The Kier molecular flexibility index (Phi) is 8.52. The van der Waals surface area contributed by atoms with Crippen LogP contribution < -0.4 is 14.8 Å². The number of carbonyl (C=O) groups is 2. The Hall–Kier alpha value is -3.65. The first-order chi connectivity index (χ1) is 18.3. The van der Waals surface area contributed by atoms with Crippen LogP contribution in [0.4, 0.5) is 0 Å². The molecule has 0 unspecified atom stereocenters. The van der Waals surface area contributed by atoms with Crippen molar-refractivity contribution in [3.63, 3.8) is 0 Å². The van der Waals surface area contributed by atoms with E-state index in [0.717, 1.165) is 18.2 Å². The molecule has 1 heterocycles. The maximum absolute atomic E-state index is 13.1. The molecule has 0 aliphatic heterocycles. The number of hydrogen-bond donors (Lipinski definition) is 1. The largest absolute Gasteiger partial charge is 0.493 e. The van der Waals surface area contributed by atoms with Crippen molar-refractivity contribution in [1.82, 2.24) is 10.3 Å². The van der Waals surface area contributed by atoms with Gasteiger partial charge >= 0.3 is 5.97 Å². The number of carbonyl (C=O) groups excluding carboxylic acids is 2. The number of aromatic nitrogens is 1. The fraction of sp³-hybridized carbons (Fsp3) is 0.433. The Morgan fingerprint density at radius 1 is 1.03 bits per heavy atom. The Balaban J connectivity index is 1.42. The Morgan fingerprint density at radius 3 is 2.47 bits per heavy atom. The molecule has 1 fully saturated rings. The number of pyridine rings is 1. The lowest BCUT2D eigenvalue weighted by atomic mass is 9.87. The van der Waals surface area contributed by atoms with Crippen molar-refractivity contribution in [2.45, 2.75) is 58.1 Å². The monoisotopic (exact) mass is 520 g/mol. The van der Waals surface area contributed by atoms with Crippen molar-refractivity contribution in [1.29, 1.82) is 0 Å². The number of nitrogens with zero attached hydrogens (tertiary/aromatic N) is 1. The van der Waals surface area contributed by atoms with Gasteiger partial charge < -0.3 is 24.3 Å². The van der Waals surface area contributed by atoms with Crippen molar-refractivity contribution >= 4 is 22.6 Å². The first-order valence-electron chi connectivity index (χ1n) is 13.0. The van der Waals surface area contributed by atoms with E-state index < -0.39 is 17.9 Å². The number of nitrogens with one attached hydrogen (secondary N) is 1. The summed E-state index contributed by atoms with van der Waals surface area (Å²) in [5.74, 6) is -0.258. The first kappa shape index (κ1) is 27.4. The average Bonchev–Trinajstić information content (AvgIpc) is 3.72. The third-order valence-corrected chi connectivity index (χ3v) is 6.93. The molecule has 0 spiro atoms. The number of amides is 1. The van der Waals surface area contributed by atoms with E-state index in [0.29, 0.717) is 18.3 Å². The van der Waals surface area contributed by atoms with Gasteiger partial charge in [-0.1, -0.05) is 56.3 Å². The van der Waals surface area contributed by atoms with E-state index in [4.69, 9.17) is 18.9 Å². The van der Waals surface area contributed by atoms with Gasteiger partial charge in [-0.15, -0.1) is 0 Å². The maximum Gasteiger partial charge on any atom is 0.328 e. The number of benzene rings is 2. The van der Waals surface area contributed by atoms with E-state index in [2.05, 4.69) is 34.6 Å². The number of hydrogen-bond acceptors (Lipinski definition) is 7. The zero-order valence-corrected chi connectivity index (χ0v) is 22.7. The smallest absolute Gasteiger partial charge is 0.328 e. The highest BCUT2D eigenvalue weighted by atomic mass is 16.7. The number of esters is 1. The molecule has 1 aliphatic carbocycles. The van der Waals surface area contributed by atoms with Crippen LogP contribution in [-0.2, 0) is 19.7 Å². The lowest BCUT2D eigenvalue weighted by Crippen LogP contribution is -2.42. The molecule has 2 atom stereocenters. The summed E-state index contributed by atoms with van der Waals surface area (Å²) in [5, 5.41) is 5.02. The lowest BCUT2D eigenvalue weighted by Gasteiger charge is -2.27. The van der Waals surface area contributed by atoms with Crippen LogP contribution in [0.3, 0.4) is 0 Å². The highest BCUT2D eigenvalue weighted by Gasteiger charge is 2.51. The predicted molar refractivity (Wildman–Crippen MR) is 144 cm³/mol. The fourth-order valence-corrected chi connectivity index (χ4v) is 4.68. The second-order valence-electron chi connectivity index (χ2n) is 10.2. The predicted octanol–water partition coefficient (Wildman–Crippen LogP) is 5.03. The summed E-state index contributed by atoms with van der Waals surface area (Å²) in [6.07, 6.45) is 2.96. The van der Waals surface area contributed by atoms with Crippen molar-refractivity contribution in [2.75, 3.05) is 20.5 Å². The van der Waals surface area contributed by atoms with Gasteiger partial charge in [0, 0.05) is 17.7 Å². The lowest BCUT2D eigenvalue weighted by molar-refractivity contribution is -0.151.